The average molecular weight is 503 g/mol. The van der Waals surface area contributed by atoms with Crippen molar-refractivity contribution in [2.24, 2.45) is 0 Å². The number of methoxy groups -OCH3 is 1. The lowest BCUT2D eigenvalue weighted by Gasteiger charge is -2.23. The number of carbonyl (C=O) groups excluding carboxylic acids is 3. The first-order valence-electron chi connectivity index (χ1n) is 9.61. The predicted molar refractivity (Wildman–Crippen MR) is 126 cm³/mol. The summed E-state index contributed by atoms with van der Waals surface area (Å²) in [5, 5.41) is 11.7. The molecule has 0 bridgehead atoms. The van der Waals surface area contributed by atoms with Crippen LogP contribution >= 0.6 is 34.5 Å². The number of aromatic nitrogens is 1. The van der Waals surface area contributed by atoms with Crippen LogP contribution < -0.4 is 4.90 Å². The van der Waals surface area contributed by atoms with E-state index in [1.807, 2.05) is 0 Å². The van der Waals surface area contributed by atoms with E-state index >= 15 is 0 Å². The molecule has 7 nitrogen and oxygen atoms in total. The van der Waals surface area contributed by atoms with Gasteiger partial charge in [0.1, 0.15) is 10.6 Å². The first-order chi connectivity index (χ1) is 15.7. The number of ketones is 1. The van der Waals surface area contributed by atoms with Crippen LogP contribution in [-0.4, -0.2) is 34.9 Å². The highest BCUT2D eigenvalue weighted by Gasteiger charge is 2.48. The third-order valence-corrected chi connectivity index (χ3v) is 6.99. The summed E-state index contributed by atoms with van der Waals surface area (Å²) in [7, 11) is 1.24. The number of amides is 1. The van der Waals surface area contributed by atoms with Gasteiger partial charge in [0.2, 0.25) is 0 Å². The Bertz CT molecular complexity index is 1320. The van der Waals surface area contributed by atoms with Crippen LogP contribution in [0.4, 0.5) is 5.13 Å². The van der Waals surface area contributed by atoms with Gasteiger partial charge in [0.05, 0.1) is 34.5 Å². The Hall–Kier alpha value is -3.20. The zero-order chi connectivity index (χ0) is 23.9. The third kappa shape index (κ3) is 4.01. The number of rotatable bonds is 4. The number of halogens is 2. The van der Waals surface area contributed by atoms with Gasteiger partial charge in [0.15, 0.2) is 5.13 Å². The molecule has 33 heavy (non-hydrogen) atoms. The fraction of sp³-hybridized carbons (Fsp3) is 0.130. The van der Waals surface area contributed by atoms with Crippen LogP contribution in [0.3, 0.4) is 0 Å². The van der Waals surface area contributed by atoms with Crippen LogP contribution in [0.25, 0.3) is 5.76 Å². The molecule has 0 unspecified atom stereocenters. The summed E-state index contributed by atoms with van der Waals surface area (Å²) in [5.74, 6) is -2.73. The highest BCUT2D eigenvalue weighted by Crippen LogP contribution is 2.44. The third-order valence-electron chi connectivity index (χ3n) is 5.11. The molecule has 2 aromatic carbocycles. The number of anilines is 1. The summed E-state index contributed by atoms with van der Waals surface area (Å²) in [6.45, 7) is 1.60. The van der Waals surface area contributed by atoms with Crippen molar-refractivity contribution in [2.45, 2.75) is 13.0 Å². The first-order valence-corrected chi connectivity index (χ1v) is 11.2. The molecule has 1 aliphatic rings. The summed E-state index contributed by atoms with van der Waals surface area (Å²) in [4.78, 5) is 44.1. The van der Waals surface area contributed by atoms with Crippen LogP contribution in [0.2, 0.25) is 10.0 Å². The van der Waals surface area contributed by atoms with Crippen molar-refractivity contribution in [2.75, 3.05) is 12.0 Å². The number of Topliss-reactive ketones (excluding diaryl/α,β-unsaturated/α-hetero) is 1. The molecule has 1 atom stereocenters. The molecule has 1 fully saturated rings. The fourth-order valence-electron chi connectivity index (χ4n) is 3.55. The number of aliphatic hydroxyl groups excluding tert-OH is 1. The molecule has 0 aliphatic carbocycles. The number of benzene rings is 2. The van der Waals surface area contributed by atoms with Crippen molar-refractivity contribution in [3.05, 3.63) is 85.8 Å². The van der Waals surface area contributed by atoms with Crippen molar-refractivity contribution in [1.82, 2.24) is 4.98 Å². The molecule has 1 aromatic heterocycles. The number of hydrogen-bond acceptors (Lipinski definition) is 7. The molecule has 0 saturated carbocycles. The van der Waals surface area contributed by atoms with Crippen molar-refractivity contribution in [1.29, 1.82) is 0 Å². The molecular formula is C23H16Cl2N2O5S. The number of nitrogens with zero attached hydrogens (tertiary/aromatic N) is 2. The Kier molecular flexibility index (Phi) is 6.25. The lowest BCUT2D eigenvalue weighted by atomic mass is 9.95. The second-order valence-corrected chi connectivity index (χ2v) is 8.90. The van der Waals surface area contributed by atoms with E-state index in [1.165, 1.54) is 19.2 Å². The Labute approximate surface area is 202 Å². The quantitative estimate of drug-likeness (QED) is 0.228. The number of carbonyl (C=O) groups is 3. The van der Waals surface area contributed by atoms with Crippen molar-refractivity contribution in [3.8, 4) is 0 Å². The van der Waals surface area contributed by atoms with Gasteiger partial charge in [0, 0.05) is 5.56 Å². The lowest BCUT2D eigenvalue weighted by molar-refractivity contribution is -0.132. The van der Waals surface area contributed by atoms with Gasteiger partial charge in [-0.2, -0.15) is 0 Å². The maximum Gasteiger partial charge on any atom is 0.350 e. The predicted octanol–water partition coefficient (Wildman–Crippen LogP) is 5.17. The van der Waals surface area contributed by atoms with Gasteiger partial charge in [-0.1, -0.05) is 70.9 Å². The smallest absolute Gasteiger partial charge is 0.350 e. The summed E-state index contributed by atoms with van der Waals surface area (Å²) < 4.78 is 4.78. The van der Waals surface area contributed by atoms with Gasteiger partial charge in [-0.05, 0) is 24.6 Å². The van der Waals surface area contributed by atoms with Crippen LogP contribution in [0.1, 0.15) is 32.5 Å². The first kappa shape index (κ1) is 23.0. The Morgan fingerprint density at radius 3 is 2.45 bits per heavy atom. The molecule has 3 aromatic rings. The number of aliphatic hydroxyl groups is 1. The highest BCUT2D eigenvalue weighted by atomic mass is 35.5. The van der Waals surface area contributed by atoms with Gasteiger partial charge in [-0.3, -0.25) is 14.5 Å². The van der Waals surface area contributed by atoms with Gasteiger partial charge in [-0.15, -0.1) is 0 Å². The lowest BCUT2D eigenvalue weighted by Crippen LogP contribution is -2.29. The van der Waals surface area contributed by atoms with Gasteiger partial charge in [0.25, 0.3) is 5.78 Å². The van der Waals surface area contributed by atoms with E-state index in [9.17, 15) is 19.5 Å². The van der Waals surface area contributed by atoms with Crippen LogP contribution in [0.15, 0.2) is 54.1 Å². The van der Waals surface area contributed by atoms with Crippen molar-refractivity contribution < 1.29 is 24.2 Å². The molecule has 1 amide bonds. The number of esters is 1. The molecular weight excluding hydrogens is 487 g/mol. The topological polar surface area (TPSA) is 96.8 Å². The second kappa shape index (κ2) is 8.97. The molecule has 4 rings (SSSR count). The Morgan fingerprint density at radius 1 is 1.12 bits per heavy atom. The maximum absolute atomic E-state index is 13.2. The molecule has 168 valence electrons. The van der Waals surface area contributed by atoms with E-state index in [1.54, 1.807) is 43.3 Å². The molecule has 1 saturated heterocycles. The monoisotopic (exact) mass is 502 g/mol. The number of hydrogen-bond donors (Lipinski definition) is 1. The van der Waals surface area contributed by atoms with Gasteiger partial charge >= 0.3 is 11.9 Å². The molecule has 2 heterocycles. The minimum Gasteiger partial charge on any atom is -0.507 e. The van der Waals surface area contributed by atoms with E-state index in [4.69, 9.17) is 27.9 Å². The largest absolute Gasteiger partial charge is 0.507 e. The standard InChI is InChI=1S/C23H16Cl2N2O5S/c1-11-20(22(31)32-2)33-23(26-11)27-17(13-8-9-14(24)15(25)10-13)16(19(29)21(27)30)18(28)12-6-4-3-5-7-12/h3-10,17,28H,1-2H3/b18-16+/t17-/m0/s1. The molecule has 0 spiro atoms. The van der Waals surface area contributed by atoms with E-state index in [0.717, 1.165) is 16.2 Å². The van der Waals surface area contributed by atoms with Crippen LogP contribution in [0, 0.1) is 6.92 Å². The zero-order valence-electron chi connectivity index (χ0n) is 17.3. The Morgan fingerprint density at radius 2 is 1.82 bits per heavy atom. The van der Waals surface area contributed by atoms with Gasteiger partial charge in [-0.25, -0.2) is 9.78 Å². The molecule has 10 heteroatoms. The summed E-state index contributed by atoms with van der Waals surface area (Å²) in [6.07, 6.45) is 0. The second-order valence-electron chi connectivity index (χ2n) is 7.11. The molecule has 1 aliphatic heterocycles. The van der Waals surface area contributed by atoms with E-state index in [-0.39, 0.29) is 26.4 Å². The van der Waals surface area contributed by atoms with Crippen molar-refractivity contribution >= 4 is 63.1 Å². The molecule has 0 radical (unpaired) electrons. The summed E-state index contributed by atoms with van der Waals surface area (Å²) >= 11 is 13.2. The summed E-state index contributed by atoms with van der Waals surface area (Å²) in [5.41, 5.74) is 1.02. The minimum atomic E-state index is -1.05. The minimum absolute atomic E-state index is 0.109. The van der Waals surface area contributed by atoms with Crippen molar-refractivity contribution in [3.63, 3.8) is 0 Å². The average Bonchev–Trinajstić information content (AvgIpc) is 3.32. The normalized spacial score (nSPS) is 17.5. The maximum atomic E-state index is 13.2. The molecule has 1 N–H and O–H groups in total. The van der Waals surface area contributed by atoms with Gasteiger partial charge < -0.3 is 9.84 Å². The SMILES string of the molecule is COC(=O)c1sc(N2C(=O)C(=O)/C(=C(/O)c3ccccc3)[C@@H]2c2ccc(Cl)c(Cl)c2)nc1C. The van der Waals surface area contributed by atoms with E-state index in [2.05, 4.69) is 4.98 Å². The highest BCUT2D eigenvalue weighted by molar-refractivity contribution is 7.17. The number of aryl methyl sites for hydroxylation is 1. The fourth-order valence-corrected chi connectivity index (χ4v) is 4.86. The number of thiazole rings is 1. The van der Waals surface area contributed by atoms with Crippen LogP contribution in [0.5, 0.6) is 0 Å². The van der Waals surface area contributed by atoms with E-state index < -0.39 is 23.7 Å². The zero-order valence-corrected chi connectivity index (χ0v) is 19.7. The Balaban J connectivity index is 1.96. The van der Waals surface area contributed by atoms with E-state index in [0.29, 0.717) is 21.8 Å². The number of ether oxygens (including phenoxy) is 1. The van der Waals surface area contributed by atoms with Crippen LogP contribution in [-0.2, 0) is 14.3 Å². The summed E-state index contributed by atoms with van der Waals surface area (Å²) in [6, 6.07) is 12.0.